The molecule has 0 bridgehead atoms. The molecular formula is C10H17N7O. The normalized spacial score (nSPS) is 12.7. The maximum atomic E-state index is 5.36. The number of hydrogen-bond donors (Lipinski definition) is 3. The summed E-state index contributed by atoms with van der Waals surface area (Å²) < 4.78 is 5.15. The zero-order valence-corrected chi connectivity index (χ0v) is 10.6. The molecule has 0 radical (unpaired) electrons. The molecule has 8 nitrogen and oxygen atoms in total. The Hall–Kier alpha value is -1.93. The highest BCUT2D eigenvalue weighted by Crippen LogP contribution is 2.24. The molecule has 4 N–H and O–H groups in total. The molecule has 1 atom stereocenters. The molecule has 0 saturated carbocycles. The van der Waals surface area contributed by atoms with Gasteiger partial charge >= 0.3 is 0 Å². The molecule has 2 aromatic rings. The number of anilines is 2. The molecular weight excluding hydrogens is 234 g/mol. The molecule has 0 aliphatic rings. The number of methoxy groups -OCH3 is 1. The lowest BCUT2D eigenvalue weighted by Gasteiger charge is -2.25. The summed E-state index contributed by atoms with van der Waals surface area (Å²) in [7, 11) is 3.61. The minimum absolute atomic E-state index is 0.175. The van der Waals surface area contributed by atoms with E-state index in [0.29, 0.717) is 18.2 Å². The molecule has 8 heteroatoms. The number of likely N-dealkylation sites (N-methyl/N-ethyl adjacent to an activating group) is 1. The number of fused-ring (bicyclic) bond motifs is 1. The van der Waals surface area contributed by atoms with E-state index in [4.69, 9.17) is 10.6 Å². The lowest BCUT2D eigenvalue weighted by atomic mass is 10.3. The van der Waals surface area contributed by atoms with E-state index < -0.39 is 0 Å². The van der Waals surface area contributed by atoms with Crippen LogP contribution < -0.4 is 16.2 Å². The van der Waals surface area contributed by atoms with Crippen LogP contribution >= 0.6 is 0 Å². The first-order valence-corrected chi connectivity index (χ1v) is 5.57. The van der Waals surface area contributed by atoms with Crippen molar-refractivity contribution in [1.82, 2.24) is 20.2 Å². The van der Waals surface area contributed by atoms with Crippen molar-refractivity contribution in [3.63, 3.8) is 0 Å². The van der Waals surface area contributed by atoms with Gasteiger partial charge in [-0.15, -0.1) is 0 Å². The van der Waals surface area contributed by atoms with E-state index in [1.54, 1.807) is 13.3 Å². The van der Waals surface area contributed by atoms with Crippen molar-refractivity contribution < 1.29 is 4.74 Å². The van der Waals surface area contributed by atoms with Gasteiger partial charge in [-0.2, -0.15) is 15.1 Å². The molecule has 0 spiro atoms. The Bertz CT molecular complexity index is 526. The summed E-state index contributed by atoms with van der Waals surface area (Å²) in [5, 5.41) is 7.62. The number of aromatic amines is 1. The summed E-state index contributed by atoms with van der Waals surface area (Å²) in [5.41, 5.74) is 3.09. The monoisotopic (exact) mass is 251 g/mol. The Morgan fingerprint density at radius 3 is 3.00 bits per heavy atom. The number of nitrogens with one attached hydrogen (secondary N) is 2. The van der Waals surface area contributed by atoms with Crippen LogP contribution in [0.2, 0.25) is 0 Å². The Balaban J connectivity index is 2.44. The van der Waals surface area contributed by atoms with Gasteiger partial charge in [0.25, 0.3) is 0 Å². The van der Waals surface area contributed by atoms with Gasteiger partial charge in [0.15, 0.2) is 5.65 Å². The number of nitrogen functional groups attached to an aromatic ring is 1. The van der Waals surface area contributed by atoms with E-state index in [-0.39, 0.29) is 6.04 Å². The molecule has 0 fully saturated rings. The number of hydrogen-bond acceptors (Lipinski definition) is 7. The quantitative estimate of drug-likeness (QED) is 0.511. The number of rotatable bonds is 5. The van der Waals surface area contributed by atoms with Crippen molar-refractivity contribution >= 4 is 22.8 Å². The summed E-state index contributed by atoms with van der Waals surface area (Å²) in [5.74, 6) is 6.46. The summed E-state index contributed by atoms with van der Waals surface area (Å²) in [6.07, 6.45) is 1.70. The summed E-state index contributed by atoms with van der Waals surface area (Å²) >= 11 is 0. The third-order valence-electron chi connectivity index (χ3n) is 2.82. The number of H-pyrrole nitrogens is 1. The third kappa shape index (κ3) is 2.20. The van der Waals surface area contributed by atoms with Gasteiger partial charge in [0.2, 0.25) is 5.95 Å². The highest BCUT2D eigenvalue weighted by molar-refractivity contribution is 5.87. The number of aromatic nitrogens is 4. The predicted molar refractivity (Wildman–Crippen MR) is 69.2 cm³/mol. The van der Waals surface area contributed by atoms with Gasteiger partial charge in [-0.25, -0.2) is 5.84 Å². The van der Waals surface area contributed by atoms with Crippen molar-refractivity contribution in [2.24, 2.45) is 5.84 Å². The van der Waals surface area contributed by atoms with Gasteiger partial charge in [-0.3, -0.25) is 10.5 Å². The zero-order chi connectivity index (χ0) is 13.1. The molecule has 0 aliphatic carbocycles. The fourth-order valence-corrected chi connectivity index (χ4v) is 1.71. The first-order valence-electron chi connectivity index (χ1n) is 5.57. The topological polar surface area (TPSA) is 105 Å². The Kier molecular flexibility index (Phi) is 3.58. The Morgan fingerprint density at radius 2 is 2.33 bits per heavy atom. The maximum absolute atomic E-state index is 5.36. The van der Waals surface area contributed by atoms with Crippen molar-refractivity contribution in [3.8, 4) is 0 Å². The number of nitrogens with zero attached hydrogens (tertiary/aromatic N) is 4. The average Bonchev–Trinajstić information content (AvgIpc) is 2.84. The van der Waals surface area contributed by atoms with Gasteiger partial charge in [0.05, 0.1) is 24.2 Å². The van der Waals surface area contributed by atoms with Crippen LogP contribution in [0.15, 0.2) is 6.20 Å². The second-order valence-corrected chi connectivity index (χ2v) is 4.06. The minimum Gasteiger partial charge on any atom is -0.383 e. The fourth-order valence-electron chi connectivity index (χ4n) is 1.71. The van der Waals surface area contributed by atoms with Gasteiger partial charge in [-0.1, -0.05) is 0 Å². The SMILES string of the molecule is COCC(C)N(C)c1nc(NN)nc2[nH]ncc12. The lowest BCUT2D eigenvalue weighted by Crippen LogP contribution is -2.33. The summed E-state index contributed by atoms with van der Waals surface area (Å²) in [4.78, 5) is 10.5. The molecule has 1 unspecified atom stereocenters. The van der Waals surface area contributed by atoms with Gasteiger partial charge < -0.3 is 9.64 Å². The number of hydrazine groups is 1. The second-order valence-electron chi connectivity index (χ2n) is 4.06. The van der Waals surface area contributed by atoms with Crippen LogP contribution in [0.3, 0.4) is 0 Å². The third-order valence-corrected chi connectivity index (χ3v) is 2.82. The molecule has 2 rings (SSSR count). The van der Waals surface area contributed by atoms with Crippen molar-refractivity contribution in [3.05, 3.63) is 6.20 Å². The zero-order valence-electron chi connectivity index (χ0n) is 10.6. The van der Waals surface area contributed by atoms with Crippen LogP contribution in [0.4, 0.5) is 11.8 Å². The highest BCUT2D eigenvalue weighted by atomic mass is 16.5. The molecule has 18 heavy (non-hydrogen) atoms. The summed E-state index contributed by atoms with van der Waals surface area (Å²) in [6, 6.07) is 0.175. The Labute approximate surface area is 105 Å². The average molecular weight is 251 g/mol. The summed E-state index contributed by atoms with van der Waals surface area (Å²) in [6.45, 7) is 2.65. The van der Waals surface area contributed by atoms with E-state index in [2.05, 4.69) is 25.6 Å². The van der Waals surface area contributed by atoms with Crippen LogP contribution in [0.1, 0.15) is 6.92 Å². The molecule has 0 aromatic carbocycles. The molecule has 2 aromatic heterocycles. The Morgan fingerprint density at radius 1 is 1.56 bits per heavy atom. The second kappa shape index (κ2) is 5.15. The van der Waals surface area contributed by atoms with E-state index >= 15 is 0 Å². The van der Waals surface area contributed by atoms with Crippen LogP contribution in [0.25, 0.3) is 11.0 Å². The molecule has 0 aliphatic heterocycles. The first kappa shape index (κ1) is 12.5. The van der Waals surface area contributed by atoms with Gasteiger partial charge in [0, 0.05) is 14.2 Å². The van der Waals surface area contributed by atoms with Crippen LogP contribution in [0, 0.1) is 0 Å². The van der Waals surface area contributed by atoms with Crippen LogP contribution in [-0.2, 0) is 4.74 Å². The van der Waals surface area contributed by atoms with Crippen LogP contribution in [0.5, 0.6) is 0 Å². The van der Waals surface area contributed by atoms with E-state index in [1.807, 2.05) is 18.9 Å². The largest absolute Gasteiger partial charge is 0.383 e. The number of ether oxygens (including phenoxy) is 1. The number of nitrogens with two attached hydrogens (primary N) is 1. The van der Waals surface area contributed by atoms with Crippen molar-refractivity contribution in [1.29, 1.82) is 0 Å². The highest BCUT2D eigenvalue weighted by Gasteiger charge is 2.17. The lowest BCUT2D eigenvalue weighted by molar-refractivity contribution is 0.183. The van der Waals surface area contributed by atoms with E-state index in [0.717, 1.165) is 11.2 Å². The standard InChI is InChI=1S/C10H17N7O/c1-6(5-18-3)17(2)9-7-4-12-16-8(7)13-10(14-9)15-11/h4,6H,5,11H2,1-3H3,(H2,12,13,14,15,16). The van der Waals surface area contributed by atoms with Crippen molar-refractivity contribution in [2.75, 3.05) is 31.1 Å². The fraction of sp³-hybridized carbons (Fsp3) is 0.500. The van der Waals surface area contributed by atoms with Crippen molar-refractivity contribution in [2.45, 2.75) is 13.0 Å². The molecule has 2 heterocycles. The predicted octanol–water partition coefficient (Wildman–Crippen LogP) is 0.110. The van der Waals surface area contributed by atoms with E-state index in [1.165, 1.54) is 0 Å². The smallest absolute Gasteiger partial charge is 0.241 e. The minimum atomic E-state index is 0.175. The van der Waals surface area contributed by atoms with E-state index in [9.17, 15) is 0 Å². The van der Waals surface area contributed by atoms with Gasteiger partial charge in [-0.05, 0) is 6.92 Å². The molecule has 0 amide bonds. The maximum Gasteiger partial charge on any atom is 0.241 e. The van der Waals surface area contributed by atoms with Gasteiger partial charge in [0.1, 0.15) is 5.82 Å². The van der Waals surface area contributed by atoms with Crippen LogP contribution in [-0.4, -0.2) is 47.0 Å². The molecule has 0 saturated heterocycles. The first-order chi connectivity index (χ1) is 8.67. The molecule has 98 valence electrons.